The Bertz CT molecular complexity index is 595. The number of hydrogen-bond donors (Lipinski definition) is 2. The van der Waals surface area contributed by atoms with Crippen LogP contribution in [0.3, 0.4) is 0 Å². The third kappa shape index (κ3) is 2.52. The monoisotopic (exact) mass is 281 g/mol. The molecule has 0 saturated heterocycles. The van der Waals surface area contributed by atoms with Crippen LogP contribution in [0.5, 0.6) is 0 Å². The summed E-state index contributed by atoms with van der Waals surface area (Å²) >= 11 is 7.17. The van der Waals surface area contributed by atoms with Gasteiger partial charge >= 0.3 is 5.97 Å². The van der Waals surface area contributed by atoms with Crippen LogP contribution in [0.25, 0.3) is 0 Å². The summed E-state index contributed by atoms with van der Waals surface area (Å²) in [6.07, 6.45) is 0. The van der Waals surface area contributed by atoms with Crippen LogP contribution in [-0.4, -0.2) is 17.0 Å². The molecule has 0 aliphatic heterocycles. The van der Waals surface area contributed by atoms with E-state index < -0.39 is 5.97 Å². The number of carbonyl (C=O) groups is 2. The molecule has 92 valence electrons. The van der Waals surface area contributed by atoms with Gasteiger partial charge in [-0.3, -0.25) is 4.79 Å². The van der Waals surface area contributed by atoms with Crippen molar-refractivity contribution in [2.75, 3.05) is 5.32 Å². The van der Waals surface area contributed by atoms with Gasteiger partial charge in [-0.25, -0.2) is 4.79 Å². The molecule has 0 aliphatic carbocycles. The quantitative estimate of drug-likeness (QED) is 0.906. The Morgan fingerprint density at radius 2 is 2.00 bits per heavy atom. The molecule has 4 nitrogen and oxygen atoms in total. The van der Waals surface area contributed by atoms with Gasteiger partial charge in [-0.15, -0.1) is 11.3 Å². The van der Waals surface area contributed by atoms with Crippen molar-refractivity contribution in [1.29, 1.82) is 0 Å². The van der Waals surface area contributed by atoms with Gasteiger partial charge in [0.2, 0.25) is 0 Å². The molecule has 0 bridgehead atoms. The van der Waals surface area contributed by atoms with E-state index in [0.29, 0.717) is 4.88 Å². The first-order valence-corrected chi connectivity index (χ1v) is 6.22. The molecule has 0 saturated carbocycles. The number of nitrogens with one attached hydrogen (secondary N) is 1. The normalized spacial score (nSPS) is 10.1. The molecule has 0 atom stereocenters. The Morgan fingerprint density at radius 3 is 2.61 bits per heavy atom. The van der Waals surface area contributed by atoms with Gasteiger partial charge in [0.15, 0.2) is 0 Å². The molecule has 6 heteroatoms. The zero-order valence-electron chi connectivity index (χ0n) is 9.01. The van der Waals surface area contributed by atoms with Gasteiger partial charge < -0.3 is 10.4 Å². The van der Waals surface area contributed by atoms with Crippen LogP contribution < -0.4 is 5.32 Å². The average Bonchev–Trinajstić information content (AvgIpc) is 2.85. The second-order valence-electron chi connectivity index (χ2n) is 3.40. The highest BCUT2D eigenvalue weighted by Crippen LogP contribution is 2.27. The van der Waals surface area contributed by atoms with E-state index in [1.54, 1.807) is 17.5 Å². The number of aromatic carboxylic acids is 1. The smallest absolute Gasteiger partial charge is 0.337 e. The van der Waals surface area contributed by atoms with Crippen molar-refractivity contribution in [1.82, 2.24) is 0 Å². The number of amides is 1. The summed E-state index contributed by atoms with van der Waals surface area (Å²) in [5, 5.41) is 13.5. The van der Waals surface area contributed by atoms with E-state index in [1.807, 2.05) is 0 Å². The molecule has 18 heavy (non-hydrogen) atoms. The summed E-state index contributed by atoms with van der Waals surface area (Å²) in [4.78, 5) is 23.4. The van der Waals surface area contributed by atoms with Gasteiger partial charge in [-0.05, 0) is 23.6 Å². The number of rotatable bonds is 3. The van der Waals surface area contributed by atoms with Gasteiger partial charge in [0.1, 0.15) is 0 Å². The predicted molar refractivity (Wildman–Crippen MR) is 70.7 cm³/mol. The lowest BCUT2D eigenvalue weighted by Gasteiger charge is -2.09. The fraction of sp³-hybridized carbons (Fsp3) is 0. The Balaban J connectivity index is 2.34. The van der Waals surface area contributed by atoms with Crippen LogP contribution in [0.1, 0.15) is 20.0 Å². The highest BCUT2D eigenvalue weighted by molar-refractivity contribution is 7.12. The van der Waals surface area contributed by atoms with E-state index in [0.717, 1.165) is 0 Å². The molecule has 2 N–H and O–H groups in total. The Morgan fingerprint density at radius 1 is 1.22 bits per heavy atom. The number of hydrogen-bond acceptors (Lipinski definition) is 3. The van der Waals surface area contributed by atoms with E-state index in [-0.39, 0.29) is 22.2 Å². The molecule has 2 aromatic rings. The number of carboxylic acid groups (broad SMARTS) is 1. The van der Waals surface area contributed by atoms with Gasteiger partial charge in [-0.2, -0.15) is 0 Å². The molecular formula is C12H8ClNO3S. The maximum absolute atomic E-state index is 11.8. The van der Waals surface area contributed by atoms with E-state index in [4.69, 9.17) is 16.7 Å². The standard InChI is InChI=1S/C12H8ClNO3S/c13-8-4-1-3-7(12(16)17)10(8)14-11(15)9-5-2-6-18-9/h1-6H,(H,14,15)(H,16,17). The predicted octanol–water partition coefficient (Wildman–Crippen LogP) is 3.35. The van der Waals surface area contributed by atoms with Crippen LogP contribution in [0.15, 0.2) is 35.7 Å². The van der Waals surface area contributed by atoms with Gasteiger partial charge in [0, 0.05) is 0 Å². The first kappa shape index (κ1) is 12.6. The van der Waals surface area contributed by atoms with Crippen molar-refractivity contribution in [2.24, 2.45) is 0 Å². The minimum atomic E-state index is -1.14. The van der Waals surface area contributed by atoms with Crippen molar-refractivity contribution in [2.45, 2.75) is 0 Å². The summed E-state index contributed by atoms with van der Waals surface area (Å²) < 4.78 is 0. The third-order valence-electron chi connectivity index (χ3n) is 2.23. The van der Waals surface area contributed by atoms with Crippen LogP contribution >= 0.6 is 22.9 Å². The van der Waals surface area contributed by atoms with Crippen molar-refractivity contribution >= 4 is 40.5 Å². The first-order valence-electron chi connectivity index (χ1n) is 4.96. The number of anilines is 1. The SMILES string of the molecule is O=C(Nc1c(Cl)cccc1C(=O)O)c1cccs1. The summed E-state index contributed by atoms with van der Waals surface area (Å²) in [5.41, 5.74) is 0.0810. The third-order valence-corrected chi connectivity index (χ3v) is 3.41. The lowest BCUT2D eigenvalue weighted by molar-refractivity contribution is 0.0698. The zero-order chi connectivity index (χ0) is 13.1. The molecule has 1 aromatic carbocycles. The van der Waals surface area contributed by atoms with Crippen molar-refractivity contribution in [3.05, 3.63) is 51.2 Å². The number of para-hydroxylation sites is 1. The number of carboxylic acids is 1. The van der Waals surface area contributed by atoms with E-state index >= 15 is 0 Å². The molecule has 0 unspecified atom stereocenters. The number of halogens is 1. The summed E-state index contributed by atoms with van der Waals surface area (Å²) in [5.74, 6) is -1.51. The highest BCUT2D eigenvalue weighted by atomic mass is 35.5. The fourth-order valence-corrected chi connectivity index (χ4v) is 2.25. The van der Waals surface area contributed by atoms with Crippen LogP contribution in [0, 0.1) is 0 Å². The fourth-order valence-electron chi connectivity index (χ4n) is 1.41. The second-order valence-corrected chi connectivity index (χ2v) is 4.75. The minimum Gasteiger partial charge on any atom is -0.478 e. The number of thiophene rings is 1. The van der Waals surface area contributed by atoms with Gasteiger partial charge in [0.25, 0.3) is 5.91 Å². The molecule has 1 aromatic heterocycles. The van der Waals surface area contributed by atoms with Gasteiger partial charge in [-0.1, -0.05) is 23.7 Å². The molecule has 1 amide bonds. The lowest BCUT2D eigenvalue weighted by Crippen LogP contribution is -2.14. The molecule has 0 spiro atoms. The molecule has 2 rings (SSSR count). The molecule has 0 aliphatic rings. The second kappa shape index (κ2) is 5.20. The maximum Gasteiger partial charge on any atom is 0.337 e. The highest BCUT2D eigenvalue weighted by Gasteiger charge is 2.16. The molecule has 0 fully saturated rings. The first-order chi connectivity index (χ1) is 8.59. The Labute approximate surface area is 112 Å². The molecule has 1 heterocycles. The van der Waals surface area contributed by atoms with E-state index in [9.17, 15) is 9.59 Å². The number of carbonyl (C=O) groups excluding carboxylic acids is 1. The average molecular weight is 282 g/mol. The number of benzene rings is 1. The zero-order valence-corrected chi connectivity index (χ0v) is 10.6. The topological polar surface area (TPSA) is 66.4 Å². The van der Waals surface area contributed by atoms with Crippen molar-refractivity contribution < 1.29 is 14.7 Å². The molecule has 0 radical (unpaired) electrons. The largest absolute Gasteiger partial charge is 0.478 e. The van der Waals surface area contributed by atoms with Crippen LogP contribution in [0.4, 0.5) is 5.69 Å². The van der Waals surface area contributed by atoms with Crippen LogP contribution in [-0.2, 0) is 0 Å². The molecular weight excluding hydrogens is 274 g/mol. The summed E-state index contributed by atoms with van der Waals surface area (Å²) in [7, 11) is 0. The van der Waals surface area contributed by atoms with Gasteiger partial charge in [0.05, 0.1) is 21.2 Å². The summed E-state index contributed by atoms with van der Waals surface area (Å²) in [6, 6.07) is 7.82. The summed E-state index contributed by atoms with van der Waals surface area (Å²) in [6.45, 7) is 0. The van der Waals surface area contributed by atoms with Crippen LogP contribution in [0.2, 0.25) is 5.02 Å². The van der Waals surface area contributed by atoms with E-state index in [2.05, 4.69) is 5.32 Å². The Kier molecular flexibility index (Phi) is 3.64. The Hall–Kier alpha value is -1.85. The van der Waals surface area contributed by atoms with Crippen molar-refractivity contribution in [3.63, 3.8) is 0 Å². The van der Waals surface area contributed by atoms with Crippen molar-refractivity contribution in [3.8, 4) is 0 Å². The minimum absolute atomic E-state index is 0.0348. The lowest BCUT2D eigenvalue weighted by atomic mass is 10.1. The van der Waals surface area contributed by atoms with E-state index in [1.165, 1.54) is 29.5 Å². The maximum atomic E-state index is 11.8.